The highest BCUT2D eigenvalue weighted by Crippen LogP contribution is 2.26. The van der Waals surface area contributed by atoms with Crippen molar-refractivity contribution in [3.05, 3.63) is 60.8 Å². The predicted octanol–water partition coefficient (Wildman–Crippen LogP) is 18.5. The summed E-state index contributed by atoms with van der Waals surface area (Å²) < 4.78 is 17.7. The fourth-order valence-corrected chi connectivity index (χ4v) is 11.2. The Morgan fingerprint density at radius 2 is 0.812 bits per heavy atom. The summed E-state index contributed by atoms with van der Waals surface area (Å²) in [5, 5.41) is 57.3. The van der Waals surface area contributed by atoms with Gasteiger partial charge in [-0.3, -0.25) is 9.59 Å². The van der Waals surface area contributed by atoms with Gasteiger partial charge in [0.2, 0.25) is 5.91 Å². The maximum atomic E-state index is 13.5. The Hall–Kier alpha value is -2.64. The Labute approximate surface area is 522 Å². The van der Waals surface area contributed by atoms with Crippen molar-refractivity contribution in [1.82, 2.24) is 5.32 Å². The van der Waals surface area contributed by atoms with Gasteiger partial charge in [0, 0.05) is 6.42 Å². The highest BCUT2D eigenvalue weighted by atomic mass is 16.7. The molecular formula is C74H135NO10. The highest BCUT2D eigenvalue weighted by Gasteiger charge is 2.47. The molecule has 1 heterocycles. The summed E-state index contributed by atoms with van der Waals surface area (Å²) >= 11 is 0. The Morgan fingerprint density at radius 3 is 1.25 bits per heavy atom. The molecule has 0 saturated carbocycles. The molecule has 0 bridgehead atoms. The second-order valence-electron chi connectivity index (χ2n) is 25.0. The van der Waals surface area contributed by atoms with E-state index in [1.165, 1.54) is 199 Å². The zero-order valence-corrected chi connectivity index (χ0v) is 55.2. The Kier molecular flexibility index (Phi) is 58.2. The van der Waals surface area contributed by atoms with E-state index in [1.807, 2.05) is 6.08 Å². The number of allylic oxidation sites excluding steroid dienone is 9. The lowest BCUT2D eigenvalue weighted by Crippen LogP contribution is -2.61. The fourth-order valence-electron chi connectivity index (χ4n) is 11.2. The van der Waals surface area contributed by atoms with Gasteiger partial charge < -0.3 is 45.1 Å². The number of aliphatic hydroxyl groups excluding tert-OH is 5. The van der Waals surface area contributed by atoms with Crippen molar-refractivity contribution in [3.63, 3.8) is 0 Å². The summed E-state index contributed by atoms with van der Waals surface area (Å²) in [6.45, 7) is 5.80. The molecule has 8 atom stereocenters. The van der Waals surface area contributed by atoms with Crippen molar-refractivity contribution in [2.45, 2.75) is 384 Å². The molecule has 85 heavy (non-hydrogen) atoms. The van der Waals surface area contributed by atoms with E-state index < -0.39 is 67.4 Å². The quantitative estimate of drug-likeness (QED) is 0.0195. The average molecular weight is 1200 g/mol. The van der Waals surface area contributed by atoms with E-state index in [-0.39, 0.29) is 13.0 Å². The van der Waals surface area contributed by atoms with E-state index in [1.54, 1.807) is 6.08 Å². The van der Waals surface area contributed by atoms with Crippen molar-refractivity contribution in [2.24, 2.45) is 0 Å². The van der Waals surface area contributed by atoms with E-state index in [2.05, 4.69) is 74.7 Å². The monoisotopic (exact) mass is 1200 g/mol. The van der Waals surface area contributed by atoms with Gasteiger partial charge in [-0.15, -0.1) is 0 Å². The molecule has 1 aliphatic rings. The second-order valence-corrected chi connectivity index (χ2v) is 25.0. The van der Waals surface area contributed by atoms with Crippen LogP contribution in [0, 0.1) is 0 Å². The normalized spacial score (nSPS) is 18.7. The topological polar surface area (TPSA) is 175 Å². The highest BCUT2D eigenvalue weighted by molar-refractivity contribution is 5.80. The van der Waals surface area contributed by atoms with Crippen LogP contribution >= 0.6 is 0 Å². The third-order valence-corrected chi connectivity index (χ3v) is 16.9. The summed E-state index contributed by atoms with van der Waals surface area (Å²) in [4.78, 5) is 26.7. The molecule has 6 N–H and O–H groups in total. The molecule has 1 aliphatic heterocycles. The number of ether oxygens (including phenoxy) is 3. The minimum atomic E-state index is -1.62. The molecule has 8 unspecified atom stereocenters. The number of unbranched alkanes of at least 4 members (excludes halogenated alkanes) is 40. The molecule has 11 heteroatoms. The molecule has 0 aromatic carbocycles. The van der Waals surface area contributed by atoms with Crippen molar-refractivity contribution < 1.29 is 49.3 Å². The molecule has 0 spiro atoms. The van der Waals surface area contributed by atoms with Crippen LogP contribution in [0.3, 0.4) is 0 Å². The number of amides is 1. The summed E-state index contributed by atoms with van der Waals surface area (Å²) in [5.74, 6) is -1.20. The van der Waals surface area contributed by atoms with Crippen molar-refractivity contribution in [1.29, 1.82) is 0 Å². The van der Waals surface area contributed by atoms with E-state index in [4.69, 9.17) is 14.2 Å². The Bertz CT molecular complexity index is 1620. The lowest BCUT2D eigenvalue weighted by Gasteiger charge is -2.41. The van der Waals surface area contributed by atoms with Crippen LogP contribution in [0.1, 0.15) is 335 Å². The zero-order chi connectivity index (χ0) is 61.7. The third-order valence-electron chi connectivity index (χ3n) is 16.9. The maximum Gasteiger partial charge on any atom is 0.306 e. The van der Waals surface area contributed by atoms with Crippen LogP contribution in [-0.2, 0) is 23.8 Å². The molecule has 1 fully saturated rings. The van der Waals surface area contributed by atoms with Crippen LogP contribution < -0.4 is 5.32 Å². The lowest BCUT2D eigenvalue weighted by atomic mass is 9.99. The van der Waals surface area contributed by atoms with Gasteiger partial charge in [0.25, 0.3) is 0 Å². The van der Waals surface area contributed by atoms with Crippen molar-refractivity contribution in [3.8, 4) is 0 Å². The summed E-state index contributed by atoms with van der Waals surface area (Å²) in [6, 6.07) is -1.03. The van der Waals surface area contributed by atoms with Crippen LogP contribution in [-0.4, -0.2) is 99.6 Å². The molecule has 11 nitrogen and oxygen atoms in total. The van der Waals surface area contributed by atoms with Gasteiger partial charge in [-0.2, -0.15) is 0 Å². The Balaban J connectivity index is 2.59. The van der Waals surface area contributed by atoms with Gasteiger partial charge in [-0.05, 0) is 89.9 Å². The molecule has 0 aliphatic carbocycles. The van der Waals surface area contributed by atoms with Crippen molar-refractivity contribution >= 4 is 11.9 Å². The zero-order valence-electron chi connectivity index (χ0n) is 55.2. The van der Waals surface area contributed by atoms with Gasteiger partial charge in [-0.25, -0.2) is 0 Å². The largest absolute Gasteiger partial charge is 0.454 e. The number of carbonyl (C=O) groups excluding carboxylic acids is 2. The number of rotatable bonds is 62. The first-order chi connectivity index (χ1) is 41.7. The van der Waals surface area contributed by atoms with Crippen LogP contribution in [0.25, 0.3) is 0 Å². The van der Waals surface area contributed by atoms with E-state index in [9.17, 15) is 35.1 Å². The average Bonchev–Trinajstić information content (AvgIpc) is 2.49. The molecular weight excluding hydrogens is 1060 g/mol. The molecule has 1 amide bonds. The third kappa shape index (κ3) is 48.9. The summed E-state index contributed by atoms with van der Waals surface area (Å²) in [7, 11) is 0. The first-order valence-electron chi connectivity index (χ1n) is 36.1. The van der Waals surface area contributed by atoms with Crippen LogP contribution in [0.5, 0.6) is 0 Å². The molecule has 1 saturated heterocycles. The van der Waals surface area contributed by atoms with Crippen molar-refractivity contribution in [2.75, 3.05) is 13.2 Å². The standard InChI is InChI=1S/C74H135NO10/c1-4-7-10-13-16-19-22-25-27-29-31-32-33-34-35-37-38-40-43-46-49-52-55-58-61-67(78)73(82)75-65(66(77)60-57-54-51-48-45-42-24-21-18-15-12-9-6-3)64-83-74-72(71(81)70(80)68(63-76)84-74)85-69(79)62-59-56-53-50-47-44-41-39-36-30-28-26-23-20-17-14-11-8-5-2/h17,20,25-28,36,39,57,60,65-68,70-72,74,76-78,80-81H,4-16,18-19,21-24,29-35,37-38,40-56,58-59,61-64H2,1-3H3,(H,75,82)/b20-17-,27-25+,28-26-,39-36-,60-57+. The summed E-state index contributed by atoms with van der Waals surface area (Å²) in [5.41, 5.74) is 0. The maximum absolute atomic E-state index is 13.5. The number of nitrogens with one attached hydrogen (secondary N) is 1. The minimum absolute atomic E-state index is 0.109. The van der Waals surface area contributed by atoms with Gasteiger partial charge in [0.1, 0.15) is 24.4 Å². The van der Waals surface area contributed by atoms with E-state index in [0.717, 1.165) is 89.9 Å². The Morgan fingerprint density at radius 1 is 0.459 bits per heavy atom. The van der Waals surface area contributed by atoms with Gasteiger partial charge >= 0.3 is 5.97 Å². The van der Waals surface area contributed by atoms with Gasteiger partial charge in [0.15, 0.2) is 12.4 Å². The van der Waals surface area contributed by atoms with E-state index >= 15 is 0 Å². The predicted molar refractivity (Wildman–Crippen MR) is 356 cm³/mol. The number of carbonyl (C=O) groups is 2. The fraction of sp³-hybridized carbons (Fsp3) is 0.838. The number of aliphatic hydroxyl groups is 5. The summed E-state index contributed by atoms with van der Waals surface area (Å²) in [6.07, 6.45) is 68.3. The number of hydrogen-bond donors (Lipinski definition) is 6. The van der Waals surface area contributed by atoms with Crippen LogP contribution in [0.4, 0.5) is 0 Å². The van der Waals surface area contributed by atoms with Gasteiger partial charge in [-0.1, -0.05) is 300 Å². The molecule has 0 aromatic rings. The lowest BCUT2D eigenvalue weighted by molar-refractivity contribution is -0.305. The molecule has 0 aromatic heterocycles. The number of hydrogen-bond acceptors (Lipinski definition) is 10. The number of esters is 1. The molecule has 496 valence electrons. The van der Waals surface area contributed by atoms with Crippen LogP contribution in [0.15, 0.2) is 60.8 Å². The first kappa shape index (κ1) is 80.4. The van der Waals surface area contributed by atoms with E-state index in [0.29, 0.717) is 19.3 Å². The van der Waals surface area contributed by atoms with Crippen LogP contribution in [0.2, 0.25) is 0 Å². The minimum Gasteiger partial charge on any atom is -0.454 e. The first-order valence-corrected chi connectivity index (χ1v) is 36.1. The van der Waals surface area contributed by atoms with Gasteiger partial charge in [0.05, 0.1) is 25.4 Å². The second kappa shape index (κ2) is 61.6. The molecule has 0 radical (unpaired) electrons. The molecule has 1 rings (SSSR count). The smallest absolute Gasteiger partial charge is 0.306 e. The SMILES string of the molecule is CCCCC/C=C\C/C=C\C/C=C\CCCCCCCCC(=O)OC1C(OCC(NC(=O)C(O)CCCCCCCCCCCCCCCC/C=C/CCCCCCCC)C(O)/C=C/CCCCCCCCCCCCC)OC(CO)C(O)C1O.